The van der Waals surface area contributed by atoms with E-state index >= 15 is 0 Å². The van der Waals surface area contributed by atoms with Crippen molar-refractivity contribution in [2.75, 3.05) is 24.6 Å². The van der Waals surface area contributed by atoms with Crippen LogP contribution in [0, 0.1) is 0 Å². The number of piperidine rings is 1. The Morgan fingerprint density at radius 1 is 1.50 bits per heavy atom. The fraction of sp³-hybridized carbons (Fsp3) is 0.526. The second-order valence-electron chi connectivity index (χ2n) is 6.86. The molecular weight excluding hydrogens is 348 g/mol. The van der Waals surface area contributed by atoms with Crippen LogP contribution >= 0.6 is 11.3 Å². The van der Waals surface area contributed by atoms with Gasteiger partial charge in [0.1, 0.15) is 0 Å². The van der Waals surface area contributed by atoms with E-state index in [2.05, 4.69) is 22.1 Å². The highest BCUT2D eigenvalue weighted by molar-refractivity contribution is 7.10. The van der Waals surface area contributed by atoms with Crippen LogP contribution in [0.25, 0.3) is 0 Å². The monoisotopic (exact) mass is 372 g/mol. The first-order valence-electron chi connectivity index (χ1n) is 9.28. The van der Waals surface area contributed by atoms with E-state index in [1.54, 1.807) is 11.3 Å². The second-order valence-corrected chi connectivity index (χ2v) is 7.85. The number of hydrogen-bond donors (Lipinski definition) is 1. The van der Waals surface area contributed by atoms with Gasteiger partial charge in [-0.05, 0) is 25.3 Å². The number of aryl methyl sites for hydroxylation is 1. The van der Waals surface area contributed by atoms with Crippen molar-refractivity contribution in [1.29, 1.82) is 0 Å². The zero-order valence-corrected chi connectivity index (χ0v) is 15.8. The summed E-state index contributed by atoms with van der Waals surface area (Å²) in [5, 5.41) is 5.13. The van der Waals surface area contributed by atoms with E-state index in [1.807, 2.05) is 17.6 Å². The Bertz CT molecular complexity index is 792. The smallest absolute Gasteiger partial charge is 0.252 e. The standard InChI is InChI=1S/C19H24N4O2S/c1-2-16-8-13(12-26-16)18(24)21-15-4-3-6-23(10-15)19-20-9-14-11-25-7-5-17(14)22-19/h8-9,12,15H,2-7,10-11H2,1H3,(H,21,24). The van der Waals surface area contributed by atoms with Crippen LogP contribution in [0.5, 0.6) is 0 Å². The molecule has 1 fully saturated rings. The Kier molecular flexibility index (Phi) is 5.17. The quantitative estimate of drug-likeness (QED) is 0.893. The minimum absolute atomic E-state index is 0.0244. The van der Waals surface area contributed by atoms with Gasteiger partial charge in [-0.25, -0.2) is 9.97 Å². The lowest BCUT2D eigenvalue weighted by molar-refractivity contribution is 0.0933. The number of carbonyl (C=O) groups excluding carboxylic acids is 1. The van der Waals surface area contributed by atoms with E-state index in [9.17, 15) is 4.79 Å². The highest BCUT2D eigenvalue weighted by atomic mass is 32.1. The molecule has 0 saturated carbocycles. The Balaban J connectivity index is 1.41. The minimum Gasteiger partial charge on any atom is -0.376 e. The van der Waals surface area contributed by atoms with E-state index in [1.165, 1.54) is 4.88 Å². The van der Waals surface area contributed by atoms with E-state index in [0.717, 1.165) is 68.1 Å². The molecule has 4 heterocycles. The average molecular weight is 372 g/mol. The molecule has 1 N–H and O–H groups in total. The van der Waals surface area contributed by atoms with Crippen LogP contribution in [0.2, 0.25) is 0 Å². The summed E-state index contributed by atoms with van der Waals surface area (Å²) in [4.78, 5) is 25.2. The summed E-state index contributed by atoms with van der Waals surface area (Å²) in [6.07, 6.45) is 5.72. The zero-order valence-electron chi connectivity index (χ0n) is 15.0. The van der Waals surface area contributed by atoms with Crippen LogP contribution in [0.4, 0.5) is 5.95 Å². The van der Waals surface area contributed by atoms with Crippen molar-refractivity contribution in [3.8, 4) is 0 Å². The summed E-state index contributed by atoms with van der Waals surface area (Å²) < 4.78 is 5.45. The van der Waals surface area contributed by atoms with Crippen molar-refractivity contribution in [2.45, 2.75) is 45.3 Å². The number of nitrogens with one attached hydrogen (secondary N) is 1. The number of rotatable bonds is 4. The molecule has 0 spiro atoms. The summed E-state index contributed by atoms with van der Waals surface area (Å²) in [5.41, 5.74) is 2.96. The van der Waals surface area contributed by atoms with Crippen LogP contribution < -0.4 is 10.2 Å². The molecule has 0 aliphatic carbocycles. The van der Waals surface area contributed by atoms with E-state index in [-0.39, 0.29) is 11.9 Å². The van der Waals surface area contributed by atoms with Gasteiger partial charge < -0.3 is 15.0 Å². The molecule has 6 nitrogen and oxygen atoms in total. The highest BCUT2D eigenvalue weighted by Crippen LogP contribution is 2.21. The van der Waals surface area contributed by atoms with Crippen molar-refractivity contribution in [1.82, 2.24) is 15.3 Å². The summed E-state index contributed by atoms with van der Waals surface area (Å²) >= 11 is 1.65. The fourth-order valence-corrected chi connectivity index (χ4v) is 4.32. The number of aromatic nitrogens is 2. The van der Waals surface area contributed by atoms with Gasteiger partial charge in [0.05, 0.1) is 24.5 Å². The van der Waals surface area contributed by atoms with Gasteiger partial charge in [0.25, 0.3) is 5.91 Å². The molecule has 138 valence electrons. The molecule has 7 heteroatoms. The predicted octanol–water partition coefficient (Wildman–Crippen LogP) is 2.57. The zero-order chi connectivity index (χ0) is 17.9. The summed E-state index contributed by atoms with van der Waals surface area (Å²) in [6, 6.07) is 2.12. The molecule has 2 aromatic rings. The van der Waals surface area contributed by atoms with E-state index in [4.69, 9.17) is 9.72 Å². The molecule has 26 heavy (non-hydrogen) atoms. The number of amides is 1. The maximum Gasteiger partial charge on any atom is 0.252 e. The van der Waals surface area contributed by atoms with Crippen LogP contribution in [-0.2, 0) is 24.2 Å². The van der Waals surface area contributed by atoms with Crippen molar-refractivity contribution in [2.24, 2.45) is 0 Å². The third kappa shape index (κ3) is 3.73. The number of hydrogen-bond acceptors (Lipinski definition) is 6. The molecule has 1 atom stereocenters. The first-order chi connectivity index (χ1) is 12.7. The van der Waals surface area contributed by atoms with Gasteiger partial charge in [0, 0.05) is 47.6 Å². The number of fused-ring (bicyclic) bond motifs is 1. The van der Waals surface area contributed by atoms with Gasteiger partial charge in [-0.3, -0.25) is 4.79 Å². The topological polar surface area (TPSA) is 67.4 Å². The normalized spacial score (nSPS) is 19.9. The van der Waals surface area contributed by atoms with Gasteiger partial charge in [0.15, 0.2) is 0 Å². The van der Waals surface area contributed by atoms with Gasteiger partial charge in [-0.1, -0.05) is 6.92 Å². The average Bonchev–Trinajstić information content (AvgIpc) is 3.17. The van der Waals surface area contributed by atoms with Crippen molar-refractivity contribution >= 4 is 23.2 Å². The fourth-order valence-electron chi connectivity index (χ4n) is 3.50. The molecule has 1 amide bonds. The molecule has 2 aliphatic heterocycles. The lowest BCUT2D eigenvalue weighted by Gasteiger charge is -2.33. The van der Waals surface area contributed by atoms with E-state index < -0.39 is 0 Å². The number of nitrogens with zero attached hydrogens (tertiary/aromatic N) is 3. The third-order valence-corrected chi connectivity index (χ3v) is 6.07. The Morgan fingerprint density at radius 3 is 3.27 bits per heavy atom. The molecule has 4 rings (SSSR count). The lowest BCUT2D eigenvalue weighted by atomic mass is 10.1. The highest BCUT2D eigenvalue weighted by Gasteiger charge is 2.25. The maximum atomic E-state index is 12.5. The number of carbonyl (C=O) groups is 1. The van der Waals surface area contributed by atoms with Crippen molar-refractivity contribution in [3.63, 3.8) is 0 Å². The second kappa shape index (κ2) is 7.72. The molecule has 0 aromatic carbocycles. The van der Waals surface area contributed by atoms with Crippen LogP contribution in [-0.4, -0.2) is 41.6 Å². The van der Waals surface area contributed by atoms with Crippen molar-refractivity contribution in [3.05, 3.63) is 39.3 Å². The number of ether oxygens (including phenoxy) is 1. The van der Waals surface area contributed by atoms with Gasteiger partial charge in [-0.15, -0.1) is 11.3 Å². The Morgan fingerprint density at radius 2 is 2.42 bits per heavy atom. The molecule has 1 unspecified atom stereocenters. The summed E-state index contributed by atoms with van der Waals surface area (Å²) in [6.45, 7) is 5.13. The third-order valence-electron chi connectivity index (χ3n) is 4.99. The molecule has 1 saturated heterocycles. The van der Waals surface area contributed by atoms with Crippen LogP contribution in [0.3, 0.4) is 0 Å². The maximum absolute atomic E-state index is 12.5. The minimum atomic E-state index is 0.0244. The molecule has 2 aliphatic rings. The number of anilines is 1. The van der Waals surface area contributed by atoms with Crippen LogP contribution in [0.15, 0.2) is 17.6 Å². The summed E-state index contributed by atoms with van der Waals surface area (Å²) in [5.74, 6) is 0.796. The molecule has 2 aromatic heterocycles. The predicted molar refractivity (Wildman–Crippen MR) is 102 cm³/mol. The van der Waals surface area contributed by atoms with E-state index in [0.29, 0.717) is 6.61 Å². The van der Waals surface area contributed by atoms with Gasteiger partial charge in [-0.2, -0.15) is 0 Å². The Labute approximate surface area is 157 Å². The molecular formula is C19H24N4O2S. The van der Waals surface area contributed by atoms with Gasteiger partial charge >= 0.3 is 0 Å². The van der Waals surface area contributed by atoms with Crippen molar-refractivity contribution < 1.29 is 9.53 Å². The largest absolute Gasteiger partial charge is 0.376 e. The molecule has 0 bridgehead atoms. The molecule has 0 radical (unpaired) electrons. The van der Waals surface area contributed by atoms with Gasteiger partial charge in [0.2, 0.25) is 5.95 Å². The SMILES string of the molecule is CCc1cc(C(=O)NC2CCCN(c3ncc4c(n3)CCOC4)C2)cs1. The summed E-state index contributed by atoms with van der Waals surface area (Å²) in [7, 11) is 0. The Hall–Kier alpha value is -1.99. The first kappa shape index (κ1) is 17.4. The number of thiophene rings is 1. The lowest BCUT2D eigenvalue weighted by Crippen LogP contribution is -2.48. The first-order valence-corrected chi connectivity index (χ1v) is 10.2. The van der Waals surface area contributed by atoms with Crippen LogP contribution in [0.1, 0.15) is 46.3 Å².